The summed E-state index contributed by atoms with van der Waals surface area (Å²) in [7, 11) is 0. The lowest BCUT2D eigenvalue weighted by atomic mass is 9.43. The van der Waals surface area contributed by atoms with Gasteiger partial charge in [-0.25, -0.2) is 0 Å². The number of fused-ring (bicyclic) bond motifs is 5. The predicted octanol–water partition coefficient (Wildman–Crippen LogP) is 3.66. The average molecular weight is 407 g/mol. The van der Waals surface area contributed by atoms with Crippen LogP contribution >= 0.6 is 0 Å². The molecule has 0 aromatic rings. The summed E-state index contributed by atoms with van der Waals surface area (Å²) < 4.78 is 0. The minimum atomic E-state index is -0.771. The third kappa shape index (κ3) is 3.18. The van der Waals surface area contributed by atoms with Gasteiger partial charge in [-0.15, -0.1) is 0 Å². The van der Waals surface area contributed by atoms with Crippen LogP contribution in [0.3, 0.4) is 0 Å². The first-order valence-corrected chi connectivity index (χ1v) is 11.7. The van der Waals surface area contributed by atoms with Gasteiger partial charge in [0, 0.05) is 18.3 Å². The molecule has 0 aromatic carbocycles. The molecule has 164 valence electrons. The van der Waals surface area contributed by atoms with Gasteiger partial charge in [0.15, 0.2) is 0 Å². The van der Waals surface area contributed by atoms with E-state index < -0.39 is 17.5 Å². The molecule has 29 heavy (non-hydrogen) atoms. The second-order valence-electron chi connectivity index (χ2n) is 11.2. The van der Waals surface area contributed by atoms with Gasteiger partial charge in [0.25, 0.3) is 0 Å². The summed E-state index contributed by atoms with van der Waals surface area (Å²) in [5.41, 5.74) is -0.398. The second kappa shape index (κ2) is 7.33. The molecule has 0 heterocycles. The fourth-order valence-electron chi connectivity index (χ4n) is 8.41. The summed E-state index contributed by atoms with van der Waals surface area (Å²) in [4.78, 5) is 24.7. The van der Waals surface area contributed by atoms with Crippen molar-refractivity contribution < 1.29 is 24.9 Å². The lowest BCUT2D eigenvalue weighted by Crippen LogP contribution is -2.61. The van der Waals surface area contributed by atoms with Crippen LogP contribution in [0.15, 0.2) is 0 Å². The zero-order valence-electron chi connectivity index (χ0n) is 18.1. The summed E-state index contributed by atoms with van der Waals surface area (Å²) in [6.07, 6.45) is 5.82. The maximum absolute atomic E-state index is 13.6. The third-order valence-corrected chi connectivity index (χ3v) is 10.1. The molecule has 4 fully saturated rings. The number of hydrogen-bond donors (Lipinski definition) is 3. The number of Topliss-reactive ketones (excluding diaryl/α,β-unsaturated/α-hetero) is 1. The highest BCUT2D eigenvalue weighted by Gasteiger charge is 2.65. The first kappa shape index (κ1) is 21.3. The van der Waals surface area contributed by atoms with E-state index in [0.717, 1.165) is 38.5 Å². The highest BCUT2D eigenvalue weighted by molar-refractivity contribution is 5.87. The maximum Gasteiger partial charge on any atom is 0.303 e. The van der Waals surface area contributed by atoms with Gasteiger partial charge in [-0.05, 0) is 85.9 Å². The molecule has 0 aliphatic heterocycles. The van der Waals surface area contributed by atoms with Crippen molar-refractivity contribution in [2.24, 2.45) is 46.3 Å². The third-order valence-electron chi connectivity index (χ3n) is 10.1. The van der Waals surface area contributed by atoms with Crippen LogP contribution in [0, 0.1) is 46.3 Å². The van der Waals surface area contributed by atoms with Crippen LogP contribution in [0.5, 0.6) is 0 Å². The van der Waals surface area contributed by atoms with E-state index in [1.807, 2.05) is 0 Å². The number of carbonyl (C=O) groups excluding carboxylic acids is 1. The van der Waals surface area contributed by atoms with Gasteiger partial charge < -0.3 is 15.3 Å². The van der Waals surface area contributed by atoms with Crippen LogP contribution in [0.1, 0.15) is 78.6 Å². The Morgan fingerprint density at radius 3 is 2.55 bits per heavy atom. The second-order valence-corrected chi connectivity index (χ2v) is 11.2. The van der Waals surface area contributed by atoms with E-state index >= 15 is 0 Å². The maximum atomic E-state index is 13.6. The Bertz CT molecular complexity index is 676. The zero-order chi connectivity index (χ0) is 21.1. The van der Waals surface area contributed by atoms with Crippen molar-refractivity contribution in [1.82, 2.24) is 0 Å². The molecular formula is C24H38O5. The average Bonchev–Trinajstić information content (AvgIpc) is 3.01. The lowest BCUT2D eigenvalue weighted by molar-refractivity contribution is -0.181. The SMILES string of the molecule is CC(CCC(=O)O)[C@H]1CCC2C3C(O)C[C@@H]4C[C@H](O)CC[C@]4(C)C3CC(=O)[C@@]21C. The van der Waals surface area contributed by atoms with E-state index in [4.69, 9.17) is 5.11 Å². The number of rotatable bonds is 4. The minimum absolute atomic E-state index is 0.0348. The standard InChI is InChI=1S/C24H38O5/c1-13(4-7-21(28)29)16-5-6-17-22-18(12-20(27)24(16,17)3)23(2)9-8-15(25)10-14(23)11-19(22)26/h13-19,22,25-26H,4-12H2,1-3H3,(H,28,29)/t13?,14-,15+,16+,17?,18?,19?,22?,23-,24+/m0/s1. The van der Waals surface area contributed by atoms with Gasteiger partial charge in [-0.2, -0.15) is 0 Å². The van der Waals surface area contributed by atoms with E-state index in [2.05, 4.69) is 20.8 Å². The van der Waals surface area contributed by atoms with Crippen LogP contribution < -0.4 is 0 Å². The molecule has 3 N–H and O–H groups in total. The number of carbonyl (C=O) groups is 2. The topological polar surface area (TPSA) is 94.8 Å². The van der Waals surface area contributed by atoms with Crippen molar-refractivity contribution in [1.29, 1.82) is 0 Å². The number of ketones is 1. The van der Waals surface area contributed by atoms with Gasteiger partial charge in [-0.1, -0.05) is 20.8 Å². The molecule has 0 saturated heterocycles. The van der Waals surface area contributed by atoms with Gasteiger partial charge in [-0.3, -0.25) is 9.59 Å². The number of hydrogen-bond acceptors (Lipinski definition) is 4. The van der Waals surface area contributed by atoms with Gasteiger partial charge in [0.1, 0.15) is 5.78 Å². The Morgan fingerprint density at radius 1 is 1.14 bits per heavy atom. The molecule has 0 bridgehead atoms. The van der Waals surface area contributed by atoms with Crippen LogP contribution in [0.2, 0.25) is 0 Å². The zero-order valence-corrected chi connectivity index (χ0v) is 18.1. The molecule has 5 heteroatoms. The van der Waals surface area contributed by atoms with Crippen molar-refractivity contribution in [3.8, 4) is 0 Å². The Kier molecular flexibility index (Phi) is 5.39. The van der Waals surface area contributed by atoms with Crippen molar-refractivity contribution >= 4 is 11.8 Å². The summed E-state index contributed by atoms with van der Waals surface area (Å²) in [6.45, 7) is 6.54. The van der Waals surface area contributed by atoms with Crippen LogP contribution in [0.25, 0.3) is 0 Å². The number of aliphatic hydroxyl groups excluding tert-OH is 2. The molecule has 5 nitrogen and oxygen atoms in total. The molecule has 4 aliphatic rings. The number of aliphatic carboxylic acids is 1. The molecule has 0 radical (unpaired) electrons. The van der Waals surface area contributed by atoms with Crippen molar-refractivity contribution in [2.45, 2.75) is 90.8 Å². The van der Waals surface area contributed by atoms with E-state index in [-0.39, 0.29) is 47.5 Å². The van der Waals surface area contributed by atoms with E-state index in [1.54, 1.807) is 0 Å². The Hall–Kier alpha value is -0.940. The predicted molar refractivity (Wildman–Crippen MR) is 109 cm³/mol. The smallest absolute Gasteiger partial charge is 0.303 e. The molecular weight excluding hydrogens is 368 g/mol. The number of carboxylic acid groups (broad SMARTS) is 1. The van der Waals surface area contributed by atoms with E-state index in [0.29, 0.717) is 24.5 Å². The van der Waals surface area contributed by atoms with Crippen molar-refractivity contribution in [3.05, 3.63) is 0 Å². The fourth-order valence-corrected chi connectivity index (χ4v) is 8.41. The molecule has 4 aliphatic carbocycles. The largest absolute Gasteiger partial charge is 0.481 e. The Balaban J connectivity index is 1.62. The molecule has 0 aromatic heterocycles. The first-order chi connectivity index (χ1) is 13.6. The quantitative estimate of drug-likeness (QED) is 0.662. The number of carboxylic acids is 1. The molecule has 4 rings (SSSR count). The minimum Gasteiger partial charge on any atom is -0.481 e. The normalized spacial score (nSPS) is 50.4. The van der Waals surface area contributed by atoms with Gasteiger partial charge >= 0.3 is 5.97 Å². The summed E-state index contributed by atoms with van der Waals surface area (Å²) in [6, 6.07) is 0. The van der Waals surface area contributed by atoms with Gasteiger partial charge in [0.05, 0.1) is 12.2 Å². The molecule has 0 spiro atoms. The van der Waals surface area contributed by atoms with Crippen molar-refractivity contribution in [3.63, 3.8) is 0 Å². The van der Waals surface area contributed by atoms with Crippen LogP contribution in [-0.4, -0.2) is 39.3 Å². The summed E-state index contributed by atoms with van der Waals surface area (Å²) >= 11 is 0. The highest BCUT2D eigenvalue weighted by atomic mass is 16.4. The van der Waals surface area contributed by atoms with Crippen molar-refractivity contribution in [2.75, 3.05) is 0 Å². The Morgan fingerprint density at radius 2 is 1.86 bits per heavy atom. The monoisotopic (exact) mass is 406 g/mol. The van der Waals surface area contributed by atoms with E-state index in [1.165, 1.54) is 0 Å². The molecule has 5 unspecified atom stereocenters. The highest BCUT2D eigenvalue weighted by Crippen LogP contribution is 2.67. The van der Waals surface area contributed by atoms with Gasteiger partial charge in [0.2, 0.25) is 0 Å². The molecule has 10 atom stereocenters. The number of aliphatic hydroxyl groups is 2. The fraction of sp³-hybridized carbons (Fsp3) is 0.917. The molecule has 4 saturated carbocycles. The van der Waals surface area contributed by atoms with Crippen LogP contribution in [0.4, 0.5) is 0 Å². The van der Waals surface area contributed by atoms with E-state index in [9.17, 15) is 19.8 Å². The molecule has 0 amide bonds. The first-order valence-electron chi connectivity index (χ1n) is 11.7. The summed E-state index contributed by atoms with van der Waals surface area (Å²) in [5.74, 6) is 0.855. The lowest BCUT2D eigenvalue weighted by Gasteiger charge is -2.61. The Labute approximate surface area is 174 Å². The van der Waals surface area contributed by atoms with Crippen LogP contribution in [-0.2, 0) is 9.59 Å². The summed E-state index contributed by atoms with van der Waals surface area (Å²) in [5, 5.41) is 30.5.